The second-order valence-electron chi connectivity index (χ2n) is 16.9. The maximum atomic E-state index is 14.7. The Labute approximate surface area is 329 Å². The summed E-state index contributed by atoms with van der Waals surface area (Å²) in [5, 5.41) is 0.701. The zero-order chi connectivity index (χ0) is 40.4. The number of carbonyl (C=O) groups is 4. The van der Waals surface area contributed by atoms with E-state index in [1.807, 2.05) is 12.2 Å². The van der Waals surface area contributed by atoms with Gasteiger partial charge in [0.25, 0.3) is 0 Å². The molecule has 16 heteroatoms. The van der Waals surface area contributed by atoms with Crippen molar-refractivity contribution in [3.05, 3.63) is 46.6 Å². The molecule has 2 amide bonds. The summed E-state index contributed by atoms with van der Waals surface area (Å²) in [6, 6.07) is 3.17. The lowest BCUT2D eigenvalue weighted by Crippen LogP contribution is -2.48. The molecule has 0 bridgehead atoms. The fraction of sp³-hybridized carbons (Fsp3) is 0.625. The molecule has 7 rings (SSSR count). The van der Waals surface area contributed by atoms with Crippen LogP contribution in [0.4, 0.5) is 13.2 Å². The minimum atomic E-state index is -4.90. The summed E-state index contributed by atoms with van der Waals surface area (Å²) in [5.41, 5.74) is -3.72. The summed E-state index contributed by atoms with van der Waals surface area (Å²) in [7, 11) is -4.04. The number of ketones is 1. The molecule has 2 aliphatic carbocycles. The van der Waals surface area contributed by atoms with Crippen LogP contribution >= 0.6 is 11.6 Å². The number of allylic oxidation sites excluding steroid dienone is 2. The van der Waals surface area contributed by atoms with Crippen molar-refractivity contribution >= 4 is 56.1 Å². The number of nitrogens with zero attached hydrogens (tertiary/aromatic N) is 2. The van der Waals surface area contributed by atoms with Crippen molar-refractivity contribution in [3.8, 4) is 5.75 Å². The number of aryl methyl sites for hydroxylation is 1. The molecule has 2 saturated carbocycles. The number of aromatic nitrogens is 1. The summed E-state index contributed by atoms with van der Waals surface area (Å²) in [6.45, 7) is 4.68. The number of amides is 2. The Hall–Kier alpha value is -3.72. The number of hydrogen-bond acceptors (Lipinski definition) is 9. The molecule has 304 valence electrons. The Kier molecular flexibility index (Phi) is 10.5. The minimum Gasteiger partial charge on any atom is -0.483 e. The van der Waals surface area contributed by atoms with Gasteiger partial charge in [0.05, 0.1) is 40.8 Å². The number of halogens is 4. The van der Waals surface area contributed by atoms with Gasteiger partial charge in [-0.2, -0.15) is 13.2 Å². The van der Waals surface area contributed by atoms with Crippen molar-refractivity contribution in [1.82, 2.24) is 14.6 Å². The van der Waals surface area contributed by atoms with Gasteiger partial charge in [-0.15, -0.1) is 0 Å². The highest BCUT2D eigenvalue weighted by molar-refractivity contribution is 7.91. The number of fused-ring (bicyclic) bond motifs is 5. The maximum absolute atomic E-state index is 14.7. The molecule has 56 heavy (non-hydrogen) atoms. The summed E-state index contributed by atoms with van der Waals surface area (Å²) in [5.74, 6) is -4.26. The quantitative estimate of drug-likeness (QED) is 0.240. The van der Waals surface area contributed by atoms with E-state index in [-0.39, 0.29) is 49.7 Å². The SMILES string of the molecule is CC(C)OC(=O)C[C@H]1CCCCC/C=C\[C@@H]2C[C@@]2(C(=O)NS(=O)(=O)C2(C)CC2)CC(=O)[C@@H]2C[C@]3(CCc4c(c(C(F)(F)F)nc5ccc(Cl)cc45)O3)CN2C1=O. The molecule has 1 aromatic carbocycles. The Morgan fingerprint density at radius 2 is 1.88 bits per heavy atom. The van der Waals surface area contributed by atoms with Crippen LogP contribution in [0.25, 0.3) is 10.9 Å². The second kappa shape index (κ2) is 14.6. The van der Waals surface area contributed by atoms with Crippen LogP contribution in [0.5, 0.6) is 5.75 Å². The lowest BCUT2D eigenvalue weighted by Gasteiger charge is -2.37. The van der Waals surface area contributed by atoms with Gasteiger partial charge in [0, 0.05) is 34.7 Å². The number of benzene rings is 1. The van der Waals surface area contributed by atoms with Gasteiger partial charge in [-0.3, -0.25) is 23.9 Å². The van der Waals surface area contributed by atoms with Crippen LogP contribution in [0.2, 0.25) is 5.02 Å². The van der Waals surface area contributed by atoms with Crippen LogP contribution in [-0.4, -0.2) is 70.9 Å². The lowest BCUT2D eigenvalue weighted by atomic mass is 9.85. The first-order valence-corrected chi connectivity index (χ1v) is 21.3. The maximum Gasteiger partial charge on any atom is 0.437 e. The van der Waals surface area contributed by atoms with Gasteiger partial charge in [-0.05, 0) is 96.3 Å². The van der Waals surface area contributed by atoms with Gasteiger partial charge in [-0.1, -0.05) is 36.6 Å². The predicted octanol–water partition coefficient (Wildman–Crippen LogP) is 7.01. The van der Waals surface area contributed by atoms with E-state index >= 15 is 0 Å². The van der Waals surface area contributed by atoms with Gasteiger partial charge in [0.1, 0.15) is 5.60 Å². The molecule has 0 radical (unpaired) electrons. The van der Waals surface area contributed by atoms with Gasteiger partial charge in [-0.25, -0.2) is 13.4 Å². The van der Waals surface area contributed by atoms with Crippen molar-refractivity contribution in [3.63, 3.8) is 0 Å². The monoisotopic (exact) mass is 821 g/mol. The first-order chi connectivity index (χ1) is 26.3. The van der Waals surface area contributed by atoms with Crippen LogP contribution < -0.4 is 9.46 Å². The van der Waals surface area contributed by atoms with Crippen LogP contribution in [0.15, 0.2) is 30.4 Å². The van der Waals surface area contributed by atoms with Crippen LogP contribution in [0.3, 0.4) is 0 Å². The molecule has 5 atom stereocenters. The van der Waals surface area contributed by atoms with E-state index in [0.717, 1.165) is 12.8 Å². The first kappa shape index (κ1) is 40.5. The van der Waals surface area contributed by atoms with Gasteiger partial charge < -0.3 is 14.4 Å². The second-order valence-corrected chi connectivity index (χ2v) is 19.5. The van der Waals surface area contributed by atoms with Crippen molar-refractivity contribution in [1.29, 1.82) is 0 Å². The minimum absolute atomic E-state index is 0.0925. The number of sulfonamides is 1. The van der Waals surface area contributed by atoms with E-state index in [1.54, 1.807) is 20.8 Å². The Morgan fingerprint density at radius 3 is 2.57 bits per heavy atom. The standard InChI is InChI=1S/C40H47ClF3N3O8S/c1-23(2)54-32(49)17-24-9-7-5-4-6-8-10-25-19-39(25,36(51)46-56(52,53)37(3)15-16-37)21-31(48)30-20-38(22-47(30)35(24)50)14-13-27-28-18-26(41)11-12-29(28)45-34(33(27)55-38)40(42,43)44/h8,10-12,18,23-25,30H,4-7,9,13-17,19-22H2,1-3H3,(H,46,51)/b10-8-/t24-,25-,30+,38-,39-/m1/s1. The molecular weight excluding hydrogens is 775 g/mol. The molecule has 1 saturated heterocycles. The summed E-state index contributed by atoms with van der Waals surface area (Å²) in [4.78, 5) is 61.6. The summed E-state index contributed by atoms with van der Waals surface area (Å²) < 4.78 is 83.3. The summed E-state index contributed by atoms with van der Waals surface area (Å²) >= 11 is 6.25. The molecule has 4 heterocycles. The molecule has 5 aliphatic rings. The van der Waals surface area contributed by atoms with Crippen molar-refractivity contribution < 1.29 is 50.2 Å². The molecule has 2 aromatic rings. The molecule has 1 spiro atoms. The van der Waals surface area contributed by atoms with Gasteiger partial charge >= 0.3 is 12.1 Å². The third-order valence-corrected chi connectivity index (χ3v) is 14.7. The van der Waals surface area contributed by atoms with E-state index < -0.39 is 97.4 Å². The highest BCUT2D eigenvalue weighted by Crippen LogP contribution is 2.58. The van der Waals surface area contributed by atoms with E-state index in [4.69, 9.17) is 21.1 Å². The fourth-order valence-electron chi connectivity index (χ4n) is 8.68. The number of ether oxygens (including phenoxy) is 2. The van der Waals surface area contributed by atoms with E-state index in [1.165, 1.54) is 23.1 Å². The number of carbonyl (C=O) groups excluding carboxylic acids is 4. The van der Waals surface area contributed by atoms with Crippen LogP contribution in [-0.2, 0) is 46.5 Å². The fourth-order valence-corrected chi connectivity index (χ4v) is 10.2. The molecule has 1 N–H and O–H groups in total. The average molecular weight is 822 g/mol. The van der Waals surface area contributed by atoms with Crippen LogP contribution in [0, 0.1) is 17.3 Å². The molecule has 11 nitrogen and oxygen atoms in total. The normalized spacial score (nSPS) is 29.7. The molecule has 3 fully saturated rings. The average Bonchev–Trinajstić information content (AvgIpc) is 4.00. The number of nitrogens with one attached hydrogen (secondary N) is 1. The lowest BCUT2D eigenvalue weighted by molar-refractivity contribution is -0.153. The predicted molar refractivity (Wildman–Crippen MR) is 200 cm³/mol. The zero-order valence-corrected chi connectivity index (χ0v) is 33.2. The van der Waals surface area contributed by atoms with E-state index in [0.29, 0.717) is 42.5 Å². The largest absolute Gasteiger partial charge is 0.483 e. The molecule has 3 aliphatic heterocycles. The highest BCUT2D eigenvalue weighted by Gasteiger charge is 2.63. The Bertz CT molecular complexity index is 2100. The number of alkyl halides is 3. The first-order valence-electron chi connectivity index (χ1n) is 19.4. The number of hydrogen-bond donors (Lipinski definition) is 1. The summed E-state index contributed by atoms with van der Waals surface area (Å²) in [6.07, 6.45) is 1.88. The number of pyridine rings is 1. The molecular formula is C40H47ClF3N3O8S. The topological polar surface area (TPSA) is 149 Å². The van der Waals surface area contributed by atoms with Crippen molar-refractivity contribution in [2.75, 3.05) is 6.54 Å². The zero-order valence-electron chi connectivity index (χ0n) is 31.7. The highest BCUT2D eigenvalue weighted by atomic mass is 35.5. The van der Waals surface area contributed by atoms with E-state index in [2.05, 4.69) is 9.71 Å². The number of rotatable bonds is 6. The van der Waals surface area contributed by atoms with Gasteiger partial charge in [0.2, 0.25) is 21.8 Å². The molecule has 1 aromatic heterocycles. The Morgan fingerprint density at radius 1 is 1.12 bits per heavy atom. The Balaban J connectivity index is 1.27. The van der Waals surface area contributed by atoms with Gasteiger partial charge in [0.15, 0.2) is 17.2 Å². The number of esters is 1. The van der Waals surface area contributed by atoms with E-state index in [9.17, 15) is 40.8 Å². The number of Topliss-reactive ketones (excluding diaryl/α,β-unsaturated/α-hetero) is 1. The van der Waals surface area contributed by atoms with Crippen molar-refractivity contribution in [2.45, 2.75) is 133 Å². The van der Waals surface area contributed by atoms with Crippen LogP contribution in [0.1, 0.15) is 109 Å². The van der Waals surface area contributed by atoms with Crippen molar-refractivity contribution in [2.24, 2.45) is 17.3 Å². The smallest absolute Gasteiger partial charge is 0.437 e. The molecule has 0 unspecified atom stereocenters. The third kappa shape index (κ3) is 7.78. The third-order valence-electron chi connectivity index (χ3n) is 12.3.